The van der Waals surface area contributed by atoms with Gasteiger partial charge in [-0.2, -0.15) is 5.10 Å². The number of hydrogen-bond acceptors (Lipinski definition) is 3. The molecule has 0 saturated heterocycles. The number of rotatable bonds is 7. The van der Waals surface area contributed by atoms with Gasteiger partial charge in [0.2, 0.25) is 0 Å². The van der Waals surface area contributed by atoms with E-state index in [9.17, 15) is 9.59 Å². The van der Waals surface area contributed by atoms with Crippen LogP contribution in [0.4, 0.5) is 0 Å². The highest BCUT2D eigenvalue weighted by molar-refractivity contribution is 9.10. The lowest BCUT2D eigenvalue weighted by molar-refractivity contribution is -0.137. The van der Waals surface area contributed by atoms with Crippen molar-refractivity contribution in [2.75, 3.05) is 6.54 Å². The monoisotopic (exact) mass is 393 g/mol. The van der Waals surface area contributed by atoms with Crippen LogP contribution in [0.5, 0.6) is 0 Å². The third-order valence-corrected chi connectivity index (χ3v) is 4.08. The maximum Gasteiger partial charge on any atom is 0.305 e. The number of carboxylic acids is 1. The summed E-state index contributed by atoms with van der Waals surface area (Å²) in [4.78, 5) is 25.1. The summed E-state index contributed by atoms with van der Waals surface area (Å²) in [7, 11) is 0. The lowest BCUT2D eigenvalue weighted by atomic mass is 10.1. The molecule has 0 unspecified atom stereocenters. The van der Waals surface area contributed by atoms with Gasteiger partial charge in [0, 0.05) is 23.3 Å². The minimum Gasteiger partial charge on any atom is -0.481 e. The maximum absolute atomic E-state index is 12.7. The van der Waals surface area contributed by atoms with Gasteiger partial charge in [-0.15, -0.1) is 0 Å². The predicted octanol–water partition coefficient (Wildman–Crippen LogP) is 3.41. The van der Waals surface area contributed by atoms with Crippen LogP contribution in [0.15, 0.2) is 34.8 Å². The number of nitrogens with zero attached hydrogens (tertiary/aromatic N) is 2. The normalized spacial score (nSPS) is 10.8. The number of carboxylic acid groups (broad SMARTS) is 1. The molecule has 0 bridgehead atoms. The quantitative estimate of drug-likeness (QED) is 0.754. The van der Waals surface area contributed by atoms with Gasteiger partial charge in [-0.05, 0) is 29.7 Å². The van der Waals surface area contributed by atoms with E-state index in [0.717, 1.165) is 15.7 Å². The topological polar surface area (TPSA) is 86.3 Å². The number of aromatic nitrogens is 2. The SMILES string of the molecule is CC(C)c1cc(C(=O)N(CCC(=O)O)Cc2cccc(Br)c2)n[nH]1. The molecule has 0 aliphatic rings. The molecule has 7 heteroatoms. The summed E-state index contributed by atoms with van der Waals surface area (Å²) < 4.78 is 0.910. The van der Waals surface area contributed by atoms with Crippen molar-refractivity contribution in [3.63, 3.8) is 0 Å². The zero-order valence-corrected chi connectivity index (χ0v) is 15.2. The van der Waals surface area contributed by atoms with Crippen LogP contribution in [0.2, 0.25) is 0 Å². The molecule has 1 aromatic carbocycles. The third-order valence-electron chi connectivity index (χ3n) is 3.58. The highest BCUT2D eigenvalue weighted by Gasteiger charge is 2.20. The molecular formula is C17H20BrN3O3. The van der Waals surface area contributed by atoms with Gasteiger partial charge in [0.15, 0.2) is 0 Å². The first kappa shape index (κ1) is 18.2. The summed E-state index contributed by atoms with van der Waals surface area (Å²) in [6.45, 7) is 4.47. The molecule has 2 rings (SSSR count). The summed E-state index contributed by atoms with van der Waals surface area (Å²) in [5, 5.41) is 15.9. The third kappa shape index (κ3) is 4.92. The summed E-state index contributed by atoms with van der Waals surface area (Å²) in [5.41, 5.74) is 2.10. The fraction of sp³-hybridized carbons (Fsp3) is 0.353. The molecule has 6 nitrogen and oxygen atoms in total. The molecule has 24 heavy (non-hydrogen) atoms. The van der Waals surface area contributed by atoms with Crippen LogP contribution in [-0.4, -0.2) is 38.6 Å². The molecule has 0 aliphatic heterocycles. The molecule has 0 saturated carbocycles. The molecule has 0 fully saturated rings. The Balaban J connectivity index is 2.20. The minimum absolute atomic E-state index is 0.110. The van der Waals surface area contributed by atoms with Gasteiger partial charge < -0.3 is 10.0 Å². The average Bonchev–Trinajstić information content (AvgIpc) is 3.01. The predicted molar refractivity (Wildman–Crippen MR) is 93.8 cm³/mol. The molecule has 2 aromatic rings. The zero-order chi connectivity index (χ0) is 17.7. The van der Waals surface area contributed by atoms with Crippen LogP contribution in [0.25, 0.3) is 0 Å². The van der Waals surface area contributed by atoms with Gasteiger partial charge in [-0.1, -0.05) is 41.9 Å². The number of amides is 1. The van der Waals surface area contributed by atoms with Crippen molar-refractivity contribution in [2.45, 2.75) is 32.7 Å². The number of carbonyl (C=O) groups is 2. The van der Waals surface area contributed by atoms with Crippen molar-refractivity contribution in [1.29, 1.82) is 0 Å². The van der Waals surface area contributed by atoms with E-state index in [4.69, 9.17) is 5.11 Å². The van der Waals surface area contributed by atoms with Crippen LogP contribution < -0.4 is 0 Å². The van der Waals surface area contributed by atoms with Gasteiger partial charge in [0.05, 0.1) is 6.42 Å². The zero-order valence-electron chi connectivity index (χ0n) is 13.6. The van der Waals surface area contributed by atoms with Gasteiger partial charge in [0.1, 0.15) is 5.69 Å². The maximum atomic E-state index is 12.7. The summed E-state index contributed by atoms with van der Waals surface area (Å²) >= 11 is 3.40. The minimum atomic E-state index is -0.938. The van der Waals surface area contributed by atoms with Gasteiger partial charge in [-0.3, -0.25) is 14.7 Å². The number of aliphatic carboxylic acids is 1. The van der Waals surface area contributed by atoms with Crippen molar-refractivity contribution in [1.82, 2.24) is 15.1 Å². The first-order valence-corrected chi connectivity index (χ1v) is 8.47. The van der Waals surface area contributed by atoms with Gasteiger partial charge >= 0.3 is 5.97 Å². The number of H-pyrrole nitrogens is 1. The molecule has 1 heterocycles. The van der Waals surface area contributed by atoms with Crippen molar-refractivity contribution < 1.29 is 14.7 Å². The smallest absolute Gasteiger partial charge is 0.305 e. The lowest BCUT2D eigenvalue weighted by Crippen LogP contribution is -2.32. The first-order chi connectivity index (χ1) is 11.4. The Labute approximate surface area is 149 Å². The average molecular weight is 394 g/mol. The Bertz CT molecular complexity index is 727. The summed E-state index contributed by atoms with van der Waals surface area (Å²) in [6, 6.07) is 9.31. The van der Waals surface area contributed by atoms with Crippen molar-refractivity contribution in [2.24, 2.45) is 0 Å². The molecular weight excluding hydrogens is 374 g/mol. The highest BCUT2D eigenvalue weighted by Crippen LogP contribution is 2.17. The Morgan fingerprint density at radius 2 is 2.08 bits per heavy atom. The molecule has 128 valence electrons. The second-order valence-corrected chi connectivity index (χ2v) is 6.78. The van der Waals surface area contributed by atoms with Crippen LogP contribution in [-0.2, 0) is 11.3 Å². The molecule has 0 aliphatic carbocycles. The fourth-order valence-corrected chi connectivity index (χ4v) is 2.69. The summed E-state index contributed by atoms with van der Waals surface area (Å²) in [6.07, 6.45) is -0.110. The van der Waals surface area contributed by atoms with E-state index in [1.807, 2.05) is 38.1 Å². The Morgan fingerprint density at radius 1 is 1.33 bits per heavy atom. The molecule has 0 atom stereocenters. The summed E-state index contributed by atoms with van der Waals surface area (Å²) in [5.74, 6) is -0.983. The molecule has 2 N–H and O–H groups in total. The van der Waals surface area contributed by atoms with Crippen LogP contribution in [0.3, 0.4) is 0 Å². The van der Waals surface area contributed by atoms with E-state index in [1.165, 1.54) is 4.90 Å². The Morgan fingerprint density at radius 3 is 2.67 bits per heavy atom. The number of benzene rings is 1. The Hall–Kier alpha value is -2.15. The fourth-order valence-electron chi connectivity index (χ4n) is 2.24. The number of halogens is 1. The van der Waals surface area contributed by atoms with E-state index >= 15 is 0 Å². The first-order valence-electron chi connectivity index (χ1n) is 7.67. The molecule has 1 amide bonds. The second-order valence-electron chi connectivity index (χ2n) is 5.86. The molecule has 1 aromatic heterocycles. The van der Waals surface area contributed by atoms with Gasteiger partial charge in [0.25, 0.3) is 5.91 Å². The number of carbonyl (C=O) groups excluding carboxylic acids is 1. The molecule has 0 radical (unpaired) electrons. The largest absolute Gasteiger partial charge is 0.481 e. The van der Waals surface area contributed by atoms with Crippen molar-refractivity contribution in [3.8, 4) is 0 Å². The number of nitrogens with one attached hydrogen (secondary N) is 1. The van der Waals surface area contributed by atoms with Gasteiger partial charge in [-0.25, -0.2) is 0 Å². The second kappa shape index (κ2) is 8.10. The van der Waals surface area contributed by atoms with Crippen LogP contribution >= 0.6 is 15.9 Å². The Kier molecular flexibility index (Phi) is 6.14. The van der Waals surface area contributed by atoms with Crippen molar-refractivity contribution in [3.05, 3.63) is 51.8 Å². The standard InChI is InChI=1S/C17H20BrN3O3/c1-11(2)14-9-15(20-19-14)17(24)21(7-6-16(22)23)10-12-4-3-5-13(18)8-12/h3-5,8-9,11H,6-7,10H2,1-2H3,(H,19,20)(H,22,23). The van der Waals surface area contributed by atoms with E-state index in [-0.39, 0.29) is 24.8 Å². The van der Waals surface area contributed by atoms with E-state index in [1.54, 1.807) is 6.07 Å². The van der Waals surface area contributed by atoms with Crippen LogP contribution in [0.1, 0.15) is 47.9 Å². The van der Waals surface area contributed by atoms with E-state index in [2.05, 4.69) is 26.1 Å². The number of hydrogen-bond donors (Lipinski definition) is 2. The van der Waals surface area contributed by atoms with E-state index in [0.29, 0.717) is 12.2 Å². The molecule has 0 spiro atoms. The van der Waals surface area contributed by atoms with E-state index < -0.39 is 5.97 Å². The highest BCUT2D eigenvalue weighted by atomic mass is 79.9. The number of aromatic amines is 1. The van der Waals surface area contributed by atoms with Crippen LogP contribution in [0, 0.1) is 0 Å². The van der Waals surface area contributed by atoms with Crippen molar-refractivity contribution >= 4 is 27.8 Å². The lowest BCUT2D eigenvalue weighted by Gasteiger charge is -2.21.